The van der Waals surface area contributed by atoms with Crippen LogP contribution in [-0.2, 0) is 0 Å². The minimum atomic E-state index is -0.396. The number of benzene rings is 1. The Hall–Kier alpha value is -1.73. The number of nitrogens with zero attached hydrogens (tertiary/aromatic N) is 2. The lowest BCUT2D eigenvalue weighted by atomic mass is 9.64. The third-order valence-corrected chi connectivity index (χ3v) is 5.00. The van der Waals surface area contributed by atoms with Crippen LogP contribution < -0.4 is 5.32 Å². The maximum absolute atomic E-state index is 11.3. The number of aromatic nitrogens is 1. The number of aliphatic hydroxyl groups is 1. The van der Waals surface area contributed by atoms with E-state index in [-0.39, 0.29) is 23.2 Å². The molecule has 20 heavy (non-hydrogen) atoms. The summed E-state index contributed by atoms with van der Waals surface area (Å²) in [5.41, 5.74) is 2.23. The maximum Gasteiger partial charge on any atom is 0.319 e. The van der Waals surface area contributed by atoms with Crippen molar-refractivity contribution in [2.75, 3.05) is 5.32 Å². The average molecular weight is 293 g/mol. The van der Waals surface area contributed by atoms with Gasteiger partial charge in [0.1, 0.15) is 5.69 Å². The van der Waals surface area contributed by atoms with Gasteiger partial charge in [0, 0.05) is 11.5 Å². The molecule has 1 saturated carbocycles. The molecule has 6 nitrogen and oxygen atoms in total. The number of rotatable bonds is 3. The molecule has 7 heteroatoms. The summed E-state index contributed by atoms with van der Waals surface area (Å²) in [7, 11) is 0. The predicted octanol–water partition coefficient (Wildman–Crippen LogP) is 2.78. The summed E-state index contributed by atoms with van der Waals surface area (Å²) < 4.78 is 0.801. The molecule has 0 aliphatic heterocycles. The lowest BCUT2D eigenvalue weighted by molar-refractivity contribution is -0.382. The minimum Gasteiger partial charge on any atom is -0.392 e. The van der Waals surface area contributed by atoms with Gasteiger partial charge >= 0.3 is 5.69 Å². The van der Waals surface area contributed by atoms with Crippen molar-refractivity contribution in [1.29, 1.82) is 0 Å². The van der Waals surface area contributed by atoms with Crippen LogP contribution in [0.25, 0.3) is 10.2 Å². The molecule has 106 valence electrons. The van der Waals surface area contributed by atoms with E-state index in [1.165, 1.54) is 11.3 Å². The van der Waals surface area contributed by atoms with Crippen molar-refractivity contribution in [3.05, 3.63) is 27.8 Å². The minimum absolute atomic E-state index is 0.0148. The molecule has 2 unspecified atom stereocenters. The molecule has 0 amide bonds. The van der Waals surface area contributed by atoms with Crippen LogP contribution in [-0.4, -0.2) is 27.2 Å². The molecule has 0 radical (unpaired) electrons. The number of aliphatic hydroxyl groups excluding tert-OH is 1. The van der Waals surface area contributed by atoms with Crippen molar-refractivity contribution in [3.63, 3.8) is 0 Å². The molecule has 3 rings (SSSR count). The Morgan fingerprint density at radius 3 is 2.90 bits per heavy atom. The summed E-state index contributed by atoms with van der Waals surface area (Å²) in [6, 6.07) is 3.58. The van der Waals surface area contributed by atoms with Crippen molar-refractivity contribution in [2.45, 2.75) is 32.4 Å². The van der Waals surface area contributed by atoms with Gasteiger partial charge in [-0.1, -0.05) is 13.8 Å². The second-order valence-corrected chi connectivity index (χ2v) is 6.57. The summed E-state index contributed by atoms with van der Waals surface area (Å²) >= 11 is 1.38. The highest BCUT2D eigenvalue weighted by Gasteiger charge is 2.47. The number of hydrogen-bond acceptors (Lipinski definition) is 6. The zero-order valence-corrected chi connectivity index (χ0v) is 12.0. The van der Waals surface area contributed by atoms with E-state index < -0.39 is 4.92 Å². The van der Waals surface area contributed by atoms with E-state index in [0.717, 1.165) is 4.70 Å². The SMILES string of the molecule is CC1(C)C(O)CC1Nc1ccc2scnc2c1[N+](=O)[O-]. The molecule has 1 heterocycles. The smallest absolute Gasteiger partial charge is 0.319 e. The highest BCUT2D eigenvalue weighted by atomic mass is 32.1. The zero-order valence-electron chi connectivity index (χ0n) is 11.2. The van der Waals surface area contributed by atoms with E-state index in [9.17, 15) is 15.2 Å². The van der Waals surface area contributed by atoms with Gasteiger partial charge in [-0.2, -0.15) is 0 Å². The van der Waals surface area contributed by atoms with Crippen LogP contribution >= 0.6 is 11.3 Å². The normalized spacial score (nSPS) is 24.4. The monoisotopic (exact) mass is 293 g/mol. The quantitative estimate of drug-likeness (QED) is 0.671. The Balaban J connectivity index is 1.99. The van der Waals surface area contributed by atoms with Crippen LogP contribution in [0.5, 0.6) is 0 Å². The Morgan fingerprint density at radius 2 is 2.30 bits per heavy atom. The van der Waals surface area contributed by atoms with Gasteiger partial charge in [0.05, 0.1) is 21.2 Å². The van der Waals surface area contributed by atoms with E-state index in [4.69, 9.17) is 0 Å². The van der Waals surface area contributed by atoms with E-state index in [1.54, 1.807) is 11.6 Å². The molecule has 1 fully saturated rings. The molecule has 2 N–H and O–H groups in total. The summed E-state index contributed by atoms with van der Waals surface area (Å²) in [5, 5.41) is 24.3. The Kier molecular flexibility index (Phi) is 2.91. The maximum atomic E-state index is 11.3. The number of fused-ring (bicyclic) bond motifs is 1. The Morgan fingerprint density at radius 1 is 1.55 bits per heavy atom. The highest BCUT2D eigenvalue weighted by molar-refractivity contribution is 7.16. The van der Waals surface area contributed by atoms with Gasteiger partial charge in [-0.15, -0.1) is 11.3 Å². The second kappa shape index (κ2) is 4.39. The van der Waals surface area contributed by atoms with E-state index >= 15 is 0 Å². The number of hydrogen-bond donors (Lipinski definition) is 2. The first-order valence-corrected chi connectivity index (χ1v) is 7.24. The first kappa shape index (κ1) is 13.3. The second-order valence-electron chi connectivity index (χ2n) is 5.69. The van der Waals surface area contributed by atoms with E-state index in [2.05, 4.69) is 10.3 Å². The van der Waals surface area contributed by atoms with Crippen molar-refractivity contribution in [2.24, 2.45) is 5.41 Å². The number of anilines is 1. The van der Waals surface area contributed by atoms with Gasteiger partial charge in [-0.3, -0.25) is 10.1 Å². The molecule has 1 aliphatic rings. The van der Waals surface area contributed by atoms with Crippen molar-refractivity contribution in [3.8, 4) is 0 Å². The first-order valence-electron chi connectivity index (χ1n) is 6.36. The fraction of sp³-hybridized carbons (Fsp3) is 0.462. The highest BCUT2D eigenvalue weighted by Crippen LogP contribution is 2.44. The fourth-order valence-electron chi connectivity index (χ4n) is 2.55. The van der Waals surface area contributed by atoms with Gasteiger partial charge in [0.2, 0.25) is 0 Å². The molecule has 0 bridgehead atoms. The molecule has 1 aromatic carbocycles. The number of nitrogens with one attached hydrogen (secondary N) is 1. The fourth-order valence-corrected chi connectivity index (χ4v) is 3.23. The largest absolute Gasteiger partial charge is 0.392 e. The lowest BCUT2D eigenvalue weighted by Gasteiger charge is -2.49. The molecule has 1 aromatic heterocycles. The number of nitro groups is 1. The van der Waals surface area contributed by atoms with Crippen molar-refractivity contribution >= 4 is 32.9 Å². The summed E-state index contributed by atoms with van der Waals surface area (Å²) in [5.74, 6) is 0. The summed E-state index contributed by atoms with van der Waals surface area (Å²) in [4.78, 5) is 15.0. The number of thiazole rings is 1. The third-order valence-electron chi connectivity index (χ3n) is 4.20. The molecule has 2 atom stereocenters. The lowest BCUT2D eigenvalue weighted by Crippen LogP contribution is -2.56. The van der Waals surface area contributed by atoms with Crippen LogP contribution in [0, 0.1) is 15.5 Å². The zero-order chi connectivity index (χ0) is 14.5. The molecule has 0 saturated heterocycles. The third kappa shape index (κ3) is 1.85. The van der Waals surface area contributed by atoms with Gasteiger partial charge < -0.3 is 10.4 Å². The Bertz CT molecular complexity index is 683. The molecular formula is C13H15N3O3S. The molecular weight excluding hydrogens is 278 g/mol. The predicted molar refractivity (Wildman–Crippen MR) is 78.1 cm³/mol. The standard InChI is InChI=1S/C13H15N3O3S/c1-13(2)9(5-10(13)17)15-7-3-4-8-11(14-6-20-8)12(7)16(18)19/h3-4,6,9-10,15,17H,5H2,1-2H3. The van der Waals surface area contributed by atoms with Crippen molar-refractivity contribution < 1.29 is 10.0 Å². The van der Waals surface area contributed by atoms with Crippen LogP contribution in [0.15, 0.2) is 17.6 Å². The van der Waals surface area contributed by atoms with Crippen LogP contribution in [0.3, 0.4) is 0 Å². The van der Waals surface area contributed by atoms with Crippen LogP contribution in [0.4, 0.5) is 11.4 Å². The summed E-state index contributed by atoms with van der Waals surface area (Å²) in [6.07, 6.45) is 0.223. The van der Waals surface area contributed by atoms with Crippen molar-refractivity contribution in [1.82, 2.24) is 4.98 Å². The first-order chi connectivity index (χ1) is 9.41. The molecule has 2 aromatic rings. The average Bonchev–Trinajstić information content (AvgIpc) is 2.85. The van der Waals surface area contributed by atoms with E-state index in [0.29, 0.717) is 17.6 Å². The number of nitro benzene ring substituents is 1. The molecule has 0 spiro atoms. The molecule has 1 aliphatic carbocycles. The Labute approximate surface area is 119 Å². The van der Waals surface area contributed by atoms with Gasteiger partial charge in [-0.25, -0.2) is 4.98 Å². The van der Waals surface area contributed by atoms with E-state index in [1.807, 2.05) is 19.9 Å². The van der Waals surface area contributed by atoms with Crippen LogP contribution in [0.1, 0.15) is 20.3 Å². The topological polar surface area (TPSA) is 88.3 Å². The van der Waals surface area contributed by atoms with Gasteiger partial charge in [-0.05, 0) is 18.6 Å². The summed E-state index contributed by atoms with van der Waals surface area (Å²) in [6.45, 7) is 3.90. The van der Waals surface area contributed by atoms with Gasteiger partial charge in [0.25, 0.3) is 0 Å². The van der Waals surface area contributed by atoms with Crippen LogP contribution in [0.2, 0.25) is 0 Å². The van der Waals surface area contributed by atoms with Gasteiger partial charge in [0.15, 0.2) is 5.52 Å².